The molecule has 0 radical (unpaired) electrons. The Morgan fingerprint density at radius 3 is 2.60 bits per heavy atom. The van der Waals surface area contributed by atoms with Crippen LogP contribution in [0.15, 0.2) is 18.2 Å². The van der Waals surface area contributed by atoms with Crippen molar-refractivity contribution in [1.82, 2.24) is 5.32 Å². The van der Waals surface area contributed by atoms with Gasteiger partial charge >= 0.3 is 0 Å². The normalized spacial score (nSPS) is 12.0. The lowest BCUT2D eigenvalue weighted by Gasteiger charge is -2.12. The Balaban J connectivity index is 2.25. The second kappa shape index (κ2) is 8.87. The van der Waals surface area contributed by atoms with Crippen LogP contribution in [0.25, 0.3) is 0 Å². The number of nitrogens with one attached hydrogen (secondary N) is 1. The molecule has 112 valence electrons. The Morgan fingerprint density at radius 2 is 2.00 bits per heavy atom. The highest BCUT2D eigenvalue weighted by Crippen LogP contribution is 2.15. The molecule has 3 N–H and O–H groups in total. The van der Waals surface area contributed by atoms with E-state index in [1.54, 1.807) is 11.8 Å². The highest BCUT2D eigenvalue weighted by atomic mass is 32.2. The Kier molecular flexibility index (Phi) is 7.47. The lowest BCUT2D eigenvalue weighted by molar-refractivity contribution is -0.122. The maximum absolute atomic E-state index is 11.7. The Bertz CT molecular complexity index is 418. The monoisotopic (exact) mass is 296 g/mol. The van der Waals surface area contributed by atoms with E-state index in [-0.39, 0.29) is 5.91 Å². The summed E-state index contributed by atoms with van der Waals surface area (Å²) < 4.78 is 5.62. The third-order valence-electron chi connectivity index (χ3n) is 2.83. The second-order valence-electron chi connectivity index (χ2n) is 4.85. The maximum Gasteiger partial charge on any atom is 0.237 e. The molecular weight excluding hydrogens is 272 g/mol. The summed E-state index contributed by atoms with van der Waals surface area (Å²) in [5, 5.41) is 2.79. The molecule has 0 spiro atoms. The lowest BCUT2D eigenvalue weighted by Crippen LogP contribution is -2.42. The predicted molar refractivity (Wildman–Crippen MR) is 85.4 cm³/mol. The molecule has 20 heavy (non-hydrogen) atoms. The first-order valence-electron chi connectivity index (χ1n) is 6.76. The van der Waals surface area contributed by atoms with Crippen LogP contribution in [0.3, 0.4) is 0 Å². The molecule has 0 unspecified atom stereocenters. The second-order valence-corrected chi connectivity index (χ2v) is 5.84. The van der Waals surface area contributed by atoms with Crippen LogP contribution in [0, 0.1) is 13.8 Å². The van der Waals surface area contributed by atoms with Crippen LogP contribution in [0.1, 0.15) is 17.5 Å². The average Bonchev–Trinajstić information content (AvgIpc) is 2.39. The minimum absolute atomic E-state index is 0.108. The molecule has 1 rings (SSSR count). The highest BCUT2D eigenvalue weighted by molar-refractivity contribution is 7.98. The lowest BCUT2D eigenvalue weighted by atomic mass is 10.1. The number of ether oxygens (including phenoxy) is 1. The molecule has 0 heterocycles. The van der Waals surface area contributed by atoms with Crippen LogP contribution in [-0.2, 0) is 4.79 Å². The Hall–Kier alpha value is -1.20. The highest BCUT2D eigenvalue weighted by Gasteiger charge is 2.11. The fraction of sp³-hybridized carbons (Fsp3) is 0.533. The number of rotatable bonds is 8. The van der Waals surface area contributed by atoms with Crippen LogP contribution in [-0.4, -0.2) is 37.1 Å². The zero-order valence-electron chi connectivity index (χ0n) is 12.4. The minimum Gasteiger partial charge on any atom is -0.492 e. The zero-order chi connectivity index (χ0) is 15.0. The molecule has 0 aliphatic carbocycles. The number of thioether (sulfide) groups is 1. The third-order valence-corrected chi connectivity index (χ3v) is 3.48. The smallest absolute Gasteiger partial charge is 0.237 e. The van der Waals surface area contributed by atoms with E-state index < -0.39 is 6.04 Å². The molecular formula is C15H24N2O2S. The number of hydrogen-bond acceptors (Lipinski definition) is 4. The van der Waals surface area contributed by atoms with Crippen molar-refractivity contribution in [3.05, 3.63) is 29.3 Å². The predicted octanol–water partition coefficient (Wildman–Crippen LogP) is 1.88. The summed E-state index contributed by atoms with van der Waals surface area (Å²) in [6, 6.07) is 5.64. The summed E-state index contributed by atoms with van der Waals surface area (Å²) in [5.41, 5.74) is 8.11. The SMILES string of the molecule is CSCC[C@H](N)C(=O)NCCOc1cc(C)cc(C)c1. The minimum atomic E-state index is -0.427. The van der Waals surface area contributed by atoms with Gasteiger partial charge in [0, 0.05) is 0 Å². The molecule has 1 atom stereocenters. The Morgan fingerprint density at radius 1 is 1.35 bits per heavy atom. The summed E-state index contributed by atoms with van der Waals surface area (Å²) in [6.45, 7) is 4.99. The zero-order valence-corrected chi connectivity index (χ0v) is 13.3. The summed E-state index contributed by atoms with van der Waals surface area (Å²) in [6.07, 6.45) is 2.70. The fourth-order valence-electron chi connectivity index (χ4n) is 1.87. The van der Waals surface area contributed by atoms with Crippen molar-refractivity contribution in [3.63, 3.8) is 0 Å². The van der Waals surface area contributed by atoms with Gasteiger partial charge < -0.3 is 15.8 Å². The van der Waals surface area contributed by atoms with Crippen LogP contribution in [0.4, 0.5) is 0 Å². The van der Waals surface area contributed by atoms with E-state index in [9.17, 15) is 4.79 Å². The van der Waals surface area contributed by atoms with Gasteiger partial charge in [0.25, 0.3) is 0 Å². The van der Waals surface area contributed by atoms with Gasteiger partial charge in [0.2, 0.25) is 5.91 Å². The average molecular weight is 296 g/mol. The molecule has 0 aliphatic heterocycles. The molecule has 0 bridgehead atoms. The molecule has 1 aromatic rings. The van der Waals surface area contributed by atoms with E-state index in [0.29, 0.717) is 19.6 Å². The van der Waals surface area contributed by atoms with E-state index in [1.807, 2.05) is 32.2 Å². The molecule has 0 fully saturated rings. The van der Waals surface area contributed by atoms with Gasteiger partial charge in [0.15, 0.2) is 0 Å². The van der Waals surface area contributed by atoms with Crippen LogP contribution >= 0.6 is 11.8 Å². The van der Waals surface area contributed by atoms with Gasteiger partial charge in [-0.05, 0) is 55.5 Å². The van der Waals surface area contributed by atoms with Gasteiger partial charge in [0.05, 0.1) is 12.6 Å². The molecule has 4 nitrogen and oxygen atoms in total. The summed E-state index contributed by atoms with van der Waals surface area (Å²) >= 11 is 1.69. The molecule has 0 saturated heterocycles. The first-order valence-corrected chi connectivity index (χ1v) is 8.15. The first-order chi connectivity index (χ1) is 9.52. The van der Waals surface area contributed by atoms with Gasteiger partial charge in [-0.3, -0.25) is 4.79 Å². The Labute approximate surface area is 125 Å². The number of amides is 1. The standard InChI is InChI=1S/C15H24N2O2S/c1-11-8-12(2)10-13(9-11)19-6-5-17-15(18)14(16)4-7-20-3/h8-10,14H,4-7,16H2,1-3H3,(H,17,18)/t14-/m0/s1. The van der Waals surface area contributed by atoms with E-state index in [2.05, 4.69) is 11.4 Å². The first kappa shape index (κ1) is 16.9. The summed E-state index contributed by atoms with van der Waals surface area (Å²) in [4.78, 5) is 11.7. The number of hydrogen-bond donors (Lipinski definition) is 2. The van der Waals surface area contributed by atoms with Gasteiger partial charge in [0.1, 0.15) is 12.4 Å². The van der Waals surface area contributed by atoms with Gasteiger partial charge in [-0.1, -0.05) is 6.07 Å². The van der Waals surface area contributed by atoms with Crippen molar-refractivity contribution in [2.75, 3.05) is 25.2 Å². The van der Waals surface area contributed by atoms with E-state index in [4.69, 9.17) is 10.5 Å². The number of aryl methyl sites for hydroxylation is 2. The van der Waals surface area contributed by atoms with Crippen molar-refractivity contribution in [3.8, 4) is 5.75 Å². The summed E-state index contributed by atoms with van der Waals surface area (Å²) in [5.74, 6) is 1.62. The number of carbonyl (C=O) groups excluding carboxylic acids is 1. The van der Waals surface area contributed by atoms with Gasteiger partial charge in [-0.2, -0.15) is 11.8 Å². The molecule has 1 aromatic carbocycles. The van der Waals surface area contributed by atoms with E-state index in [1.165, 1.54) is 11.1 Å². The number of benzene rings is 1. The molecule has 0 saturated carbocycles. The maximum atomic E-state index is 11.7. The van der Waals surface area contributed by atoms with Crippen molar-refractivity contribution in [2.24, 2.45) is 5.73 Å². The van der Waals surface area contributed by atoms with Crippen molar-refractivity contribution < 1.29 is 9.53 Å². The molecule has 1 amide bonds. The fourth-order valence-corrected chi connectivity index (χ4v) is 2.36. The molecule has 0 aromatic heterocycles. The van der Waals surface area contributed by atoms with Crippen LogP contribution in [0.2, 0.25) is 0 Å². The van der Waals surface area contributed by atoms with Crippen molar-refractivity contribution >= 4 is 17.7 Å². The topological polar surface area (TPSA) is 64.4 Å². The third kappa shape index (κ3) is 6.30. The quantitative estimate of drug-likeness (QED) is 0.719. The van der Waals surface area contributed by atoms with Crippen molar-refractivity contribution in [2.45, 2.75) is 26.3 Å². The van der Waals surface area contributed by atoms with Gasteiger partial charge in [-0.25, -0.2) is 0 Å². The molecule has 0 aliphatic rings. The van der Waals surface area contributed by atoms with Gasteiger partial charge in [-0.15, -0.1) is 0 Å². The van der Waals surface area contributed by atoms with Crippen LogP contribution in [0.5, 0.6) is 5.75 Å². The number of carbonyl (C=O) groups is 1. The van der Waals surface area contributed by atoms with E-state index in [0.717, 1.165) is 11.5 Å². The van der Waals surface area contributed by atoms with Crippen molar-refractivity contribution in [1.29, 1.82) is 0 Å². The largest absolute Gasteiger partial charge is 0.492 e. The van der Waals surface area contributed by atoms with Crippen LogP contribution < -0.4 is 15.8 Å². The summed E-state index contributed by atoms with van der Waals surface area (Å²) in [7, 11) is 0. The van der Waals surface area contributed by atoms with E-state index >= 15 is 0 Å². The number of nitrogens with two attached hydrogens (primary N) is 1. The molecule has 5 heteroatoms.